The third kappa shape index (κ3) is 14.9. The molecule has 1 nitrogen and oxygen atoms in total. The summed E-state index contributed by atoms with van der Waals surface area (Å²) >= 11 is 0. The minimum absolute atomic E-state index is 0.632. The first-order chi connectivity index (χ1) is 8.41. The number of unbranched alkanes of at least 4 members (excludes halogenated alkanes) is 5. The Morgan fingerprint density at radius 1 is 0.706 bits per heavy atom. The summed E-state index contributed by atoms with van der Waals surface area (Å²) in [5.41, 5.74) is 0. The minimum atomic E-state index is 0.632. The average molecular weight is 234 g/mol. The standard InChI is InChI=1S/C16H26O/c1-2-3-4-5-6-7-8-9-10-11-12-13-14-15-16-17/h5-6,10-13,16H,2-4,7-9,14-15H2,1H3/b6-5+,11-10+,13-12+. The summed E-state index contributed by atoms with van der Waals surface area (Å²) in [7, 11) is 0. The number of rotatable bonds is 11. The molecular formula is C16H26O. The molecule has 0 aliphatic heterocycles. The molecule has 0 bridgehead atoms. The number of allylic oxidation sites excluding steroid dienone is 6. The third-order valence-electron chi connectivity index (χ3n) is 2.47. The molecule has 0 aromatic rings. The van der Waals surface area contributed by atoms with Crippen LogP contribution in [0.5, 0.6) is 0 Å². The summed E-state index contributed by atoms with van der Waals surface area (Å²) in [5, 5.41) is 0. The molecule has 0 unspecified atom stereocenters. The summed E-state index contributed by atoms with van der Waals surface area (Å²) in [6, 6.07) is 0. The van der Waals surface area contributed by atoms with Gasteiger partial charge >= 0.3 is 0 Å². The molecule has 0 radical (unpaired) electrons. The molecule has 17 heavy (non-hydrogen) atoms. The molecule has 0 aromatic heterocycles. The van der Waals surface area contributed by atoms with E-state index < -0.39 is 0 Å². The van der Waals surface area contributed by atoms with Gasteiger partial charge in [-0.2, -0.15) is 0 Å². The van der Waals surface area contributed by atoms with Crippen LogP contribution >= 0.6 is 0 Å². The molecular weight excluding hydrogens is 208 g/mol. The van der Waals surface area contributed by atoms with Crippen molar-refractivity contribution in [1.82, 2.24) is 0 Å². The van der Waals surface area contributed by atoms with Crippen LogP contribution in [0.3, 0.4) is 0 Å². The van der Waals surface area contributed by atoms with Gasteiger partial charge in [0, 0.05) is 6.42 Å². The molecule has 0 saturated carbocycles. The van der Waals surface area contributed by atoms with Gasteiger partial charge in [0.1, 0.15) is 6.29 Å². The van der Waals surface area contributed by atoms with Crippen LogP contribution in [0.25, 0.3) is 0 Å². The van der Waals surface area contributed by atoms with Crippen molar-refractivity contribution in [3.8, 4) is 0 Å². The Hall–Kier alpha value is -1.11. The molecule has 0 aromatic carbocycles. The van der Waals surface area contributed by atoms with Gasteiger partial charge in [-0.3, -0.25) is 0 Å². The molecule has 1 heteroatoms. The summed E-state index contributed by atoms with van der Waals surface area (Å²) in [6.45, 7) is 2.22. The Bertz CT molecular complexity index is 236. The van der Waals surface area contributed by atoms with Crippen LogP contribution in [0.15, 0.2) is 36.5 Å². The molecule has 96 valence electrons. The normalized spacial score (nSPS) is 12.1. The van der Waals surface area contributed by atoms with E-state index in [2.05, 4.69) is 31.2 Å². The Morgan fingerprint density at radius 2 is 1.29 bits per heavy atom. The molecule has 0 aliphatic carbocycles. The molecule has 0 spiro atoms. The first kappa shape index (κ1) is 15.9. The van der Waals surface area contributed by atoms with Crippen LogP contribution < -0.4 is 0 Å². The molecule has 0 N–H and O–H groups in total. The van der Waals surface area contributed by atoms with E-state index in [9.17, 15) is 4.79 Å². The van der Waals surface area contributed by atoms with Crippen molar-refractivity contribution in [3.05, 3.63) is 36.5 Å². The fourth-order valence-electron chi connectivity index (χ4n) is 1.43. The van der Waals surface area contributed by atoms with Crippen molar-refractivity contribution < 1.29 is 4.79 Å². The zero-order valence-electron chi connectivity index (χ0n) is 11.1. The topological polar surface area (TPSA) is 17.1 Å². The number of hydrogen-bond donors (Lipinski definition) is 0. The van der Waals surface area contributed by atoms with E-state index in [4.69, 9.17) is 0 Å². The van der Waals surface area contributed by atoms with Gasteiger partial charge in [-0.1, -0.05) is 56.2 Å². The van der Waals surface area contributed by atoms with E-state index in [0.717, 1.165) is 19.1 Å². The average Bonchev–Trinajstić information content (AvgIpc) is 2.35. The van der Waals surface area contributed by atoms with Crippen LogP contribution in [0.2, 0.25) is 0 Å². The fourth-order valence-corrected chi connectivity index (χ4v) is 1.43. The second-order valence-corrected chi connectivity index (χ2v) is 4.14. The van der Waals surface area contributed by atoms with E-state index in [1.54, 1.807) is 0 Å². The van der Waals surface area contributed by atoms with E-state index in [1.807, 2.05) is 12.2 Å². The maximum absolute atomic E-state index is 10.0. The Balaban J connectivity index is 3.26. The Kier molecular flexibility index (Phi) is 13.9. The maximum Gasteiger partial charge on any atom is 0.120 e. The fraction of sp³-hybridized carbons (Fsp3) is 0.562. The third-order valence-corrected chi connectivity index (χ3v) is 2.47. The van der Waals surface area contributed by atoms with Crippen molar-refractivity contribution in [3.63, 3.8) is 0 Å². The van der Waals surface area contributed by atoms with Gasteiger partial charge in [0.15, 0.2) is 0 Å². The van der Waals surface area contributed by atoms with Gasteiger partial charge in [0.2, 0.25) is 0 Å². The van der Waals surface area contributed by atoms with Crippen molar-refractivity contribution >= 4 is 6.29 Å². The van der Waals surface area contributed by atoms with Gasteiger partial charge in [0.25, 0.3) is 0 Å². The number of hydrogen-bond acceptors (Lipinski definition) is 1. The smallest absolute Gasteiger partial charge is 0.120 e. The number of aldehydes is 1. The molecule has 0 saturated heterocycles. The monoisotopic (exact) mass is 234 g/mol. The van der Waals surface area contributed by atoms with E-state index in [-0.39, 0.29) is 0 Å². The van der Waals surface area contributed by atoms with Crippen LogP contribution in [-0.2, 0) is 4.79 Å². The first-order valence-corrected chi connectivity index (χ1v) is 6.82. The lowest BCUT2D eigenvalue weighted by Crippen LogP contribution is -1.71. The molecule has 0 fully saturated rings. The molecule has 0 amide bonds. The lowest BCUT2D eigenvalue weighted by atomic mass is 10.2. The summed E-state index contributed by atoms with van der Waals surface area (Å²) < 4.78 is 0. The van der Waals surface area contributed by atoms with E-state index in [0.29, 0.717) is 6.42 Å². The largest absolute Gasteiger partial charge is 0.303 e. The molecule has 0 rings (SSSR count). The lowest BCUT2D eigenvalue weighted by Gasteiger charge is -1.91. The highest BCUT2D eigenvalue weighted by molar-refractivity contribution is 5.49. The Labute approximate surface area is 106 Å². The zero-order chi connectivity index (χ0) is 12.6. The van der Waals surface area contributed by atoms with Gasteiger partial charge in [0.05, 0.1) is 0 Å². The van der Waals surface area contributed by atoms with Crippen LogP contribution in [-0.4, -0.2) is 6.29 Å². The summed E-state index contributed by atoms with van der Waals surface area (Å²) in [6.07, 6.45) is 22.7. The van der Waals surface area contributed by atoms with E-state index >= 15 is 0 Å². The van der Waals surface area contributed by atoms with Crippen LogP contribution in [0.4, 0.5) is 0 Å². The van der Waals surface area contributed by atoms with Crippen LogP contribution in [0.1, 0.15) is 58.3 Å². The molecule has 0 atom stereocenters. The predicted molar refractivity (Wildman–Crippen MR) is 76.1 cm³/mol. The van der Waals surface area contributed by atoms with Gasteiger partial charge in [-0.05, 0) is 32.1 Å². The molecule has 0 aliphatic rings. The second kappa shape index (κ2) is 14.9. The molecule has 0 heterocycles. The zero-order valence-corrected chi connectivity index (χ0v) is 11.1. The van der Waals surface area contributed by atoms with Gasteiger partial charge < -0.3 is 4.79 Å². The Morgan fingerprint density at radius 3 is 1.94 bits per heavy atom. The van der Waals surface area contributed by atoms with Crippen molar-refractivity contribution in [2.24, 2.45) is 0 Å². The summed E-state index contributed by atoms with van der Waals surface area (Å²) in [5.74, 6) is 0. The van der Waals surface area contributed by atoms with E-state index in [1.165, 1.54) is 32.1 Å². The highest BCUT2D eigenvalue weighted by Gasteiger charge is 1.81. The van der Waals surface area contributed by atoms with Gasteiger partial charge in [-0.15, -0.1) is 0 Å². The van der Waals surface area contributed by atoms with Crippen molar-refractivity contribution in [1.29, 1.82) is 0 Å². The quantitative estimate of drug-likeness (QED) is 0.213. The SMILES string of the molecule is CCCC/C=C/CCC/C=C/C=C/CCC=O. The second-order valence-electron chi connectivity index (χ2n) is 4.14. The first-order valence-electron chi connectivity index (χ1n) is 6.82. The van der Waals surface area contributed by atoms with Gasteiger partial charge in [-0.25, -0.2) is 0 Å². The van der Waals surface area contributed by atoms with Crippen molar-refractivity contribution in [2.45, 2.75) is 58.3 Å². The van der Waals surface area contributed by atoms with Crippen LogP contribution in [0, 0.1) is 0 Å². The minimum Gasteiger partial charge on any atom is -0.303 e. The lowest BCUT2D eigenvalue weighted by molar-refractivity contribution is -0.107. The maximum atomic E-state index is 10.0. The highest BCUT2D eigenvalue weighted by Crippen LogP contribution is 2.01. The number of carbonyl (C=O) groups is 1. The highest BCUT2D eigenvalue weighted by atomic mass is 16.1. The van der Waals surface area contributed by atoms with Crippen molar-refractivity contribution in [2.75, 3.05) is 0 Å². The number of carbonyl (C=O) groups excluding carboxylic acids is 1. The summed E-state index contributed by atoms with van der Waals surface area (Å²) in [4.78, 5) is 10.0. The predicted octanol–water partition coefficient (Wildman–Crippen LogP) is 4.99.